The second kappa shape index (κ2) is 14.7. The van der Waals surface area contributed by atoms with Crippen LogP contribution in [0.25, 0.3) is 111 Å². The first-order chi connectivity index (χ1) is 30.7. The van der Waals surface area contributed by atoms with Crippen LogP contribution in [0.15, 0.2) is 231 Å². The highest BCUT2D eigenvalue weighted by atomic mass is 15.0. The van der Waals surface area contributed by atoms with Crippen molar-refractivity contribution in [2.24, 2.45) is 0 Å². The van der Waals surface area contributed by atoms with Gasteiger partial charge in [-0.15, -0.1) is 0 Å². The van der Waals surface area contributed by atoms with Gasteiger partial charge in [0.2, 0.25) is 0 Å². The van der Waals surface area contributed by atoms with E-state index in [0.29, 0.717) is 5.82 Å². The van der Waals surface area contributed by atoms with Crippen molar-refractivity contribution in [2.45, 2.75) is 0 Å². The molecule has 0 fully saturated rings. The maximum Gasteiger partial charge on any atom is 0.160 e. The van der Waals surface area contributed by atoms with Crippen molar-refractivity contribution in [2.75, 3.05) is 0 Å². The average molecular weight is 791 g/mol. The lowest BCUT2D eigenvalue weighted by Gasteiger charge is -2.10. The number of para-hydroxylation sites is 2. The highest BCUT2D eigenvalue weighted by Gasteiger charge is 2.19. The minimum atomic E-state index is 0.705. The van der Waals surface area contributed by atoms with Crippen molar-refractivity contribution in [3.63, 3.8) is 0 Å². The Bertz CT molecular complexity index is 3530. The molecule has 0 saturated heterocycles. The molecule has 62 heavy (non-hydrogen) atoms. The molecule has 9 aromatic carbocycles. The molecule has 3 aromatic heterocycles. The van der Waals surface area contributed by atoms with Gasteiger partial charge >= 0.3 is 0 Å². The molecular formula is C58H38N4. The number of hydrogen-bond donors (Lipinski definition) is 0. The number of rotatable bonds is 7. The zero-order valence-electron chi connectivity index (χ0n) is 33.7. The lowest BCUT2D eigenvalue weighted by atomic mass is 9.99. The van der Waals surface area contributed by atoms with E-state index in [2.05, 4.69) is 215 Å². The number of benzene rings is 9. The fraction of sp³-hybridized carbons (Fsp3) is 0. The molecule has 12 aromatic rings. The van der Waals surface area contributed by atoms with Gasteiger partial charge in [-0.2, -0.15) is 0 Å². The molecule has 0 aliphatic rings. The maximum absolute atomic E-state index is 5.20. The largest absolute Gasteiger partial charge is 0.309 e. The first kappa shape index (κ1) is 35.6. The van der Waals surface area contributed by atoms with Crippen molar-refractivity contribution < 1.29 is 0 Å². The SMILES string of the molecule is c1ccc(-c2ccc3c(c2)c2cc(-c4ccc5c(c4)c4cc(-c6cc(-c7ccccc7)nc(-c7ccccc7)n6)ccc4n5-c4ccccc4)ccc2n3-c2ccccc2)cc1. The van der Waals surface area contributed by atoms with Gasteiger partial charge in [-0.25, -0.2) is 9.97 Å². The Morgan fingerprint density at radius 1 is 0.242 bits per heavy atom. The van der Waals surface area contributed by atoms with Gasteiger partial charge in [0.15, 0.2) is 5.82 Å². The Balaban J connectivity index is 1.06. The summed E-state index contributed by atoms with van der Waals surface area (Å²) in [4.78, 5) is 10.3. The molecule has 4 nitrogen and oxygen atoms in total. The quantitative estimate of drug-likeness (QED) is 0.161. The minimum Gasteiger partial charge on any atom is -0.309 e. The van der Waals surface area contributed by atoms with Gasteiger partial charge in [0.1, 0.15) is 0 Å². The molecule has 0 aliphatic carbocycles. The van der Waals surface area contributed by atoms with Crippen LogP contribution in [0.5, 0.6) is 0 Å². The molecule has 4 heteroatoms. The van der Waals surface area contributed by atoms with Crippen molar-refractivity contribution in [1.29, 1.82) is 0 Å². The number of aromatic nitrogens is 4. The van der Waals surface area contributed by atoms with Gasteiger partial charge in [0.05, 0.1) is 33.5 Å². The Morgan fingerprint density at radius 3 is 1.00 bits per heavy atom. The van der Waals surface area contributed by atoms with Crippen LogP contribution in [0, 0.1) is 0 Å². The van der Waals surface area contributed by atoms with E-state index in [4.69, 9.17) is 9.97 Å². The van der Waals surface area contributed by atoms with E-state index in [-0.39, 0.29) is 0 Å². The zero-order chi connectivity index (χ0) is 41.0. The molecule has 0 atom stereocenters. The molecule has 0 amide bonds. The third kappa shape index (κ3) is 6.08. The zero-order valence-corrected chi connectivity index (χ0v) is 33.7. The third-order valence-electron chi connectivity index (χ3n) is 12.1. The first-order valence-corrected chi connectivity index (χ1v) is 21.1. The summed E-state index contributed by atoms with van der Waals surface area (Å²) < 4.78 is 4.77. The summed E-state index contributed by atoms with van der Waals surface area (Å²) in [7, 11) is 0. The van der Waals surface area contributed by atoms with Gasteiger partial charge in [0.25, 0.3) is 0 Å². The van der Waals surface area contributed by atoms with Crippen LogP contribution < -0.4 is 0 Å². The number of nitrogens with zero attached hydrogens (tertiary/aromatic N) is 4. The van der Waals surface area contributed by atoms with Crippen LogP contribution in [-0.4, -0.2) is 19.1 Å². The Morgan fingerprint density at radius 2 is 0.565 bits per heavy atom. The van der Waals surface area contributed by atoms with E-state index in [1.165, 1.54) is 49.3 Å². The molecule has 12 rings (SSSR count). The molecule has 0 radical (unpaired) electrons. The van der Waals surface area contributed by atoms with Crippen LogP contribution in [0.1, 0.15) is 0 Å². The van der Waals surface area contributed by atoms with Crippen LogP contribution in [-0.2, 0) is 0 Å². The van der Waals surface area contributed by atoms with E-state index in [1.807, 2.05) is 24.3 Å². The normalized spacial score (nSPS) is 11.5. The predicted octanol–water partition coefficient (Wildman–Crippen LogP) is 15.0. The molecular weight excluding hydrogens is 753 g/mol. The summed E-state index contributed by atoms with van der Waals surface area (Å²) in [5.41, 5.74) is 16.5. The van der Waals surface area contributed by atoms with Crippen molar-refractivity contribution >= 4 is 43.6 Å². The molecule has 0 unspecified atom stereocenters. The minimum absolute atomic E-state index is 0.705. The van der Waals surface area contributed by atoms with Gasteiger partial charge < -0.3 is 9.13 Å². The first-order valence-electron chi connectivity index (χ1n) is 21.1. The van der Waals surface area contributed by atoms with Crippen LogP contribution in [0.3, 0.4) is 0 Å². The maximum atomic E-state index is 5.20. The molecule has 0 bridgehead atoms. The predicted molar refractivity (Wildman–Crippen MR) is 258 cm³/mol. The fourth-order valence-corrected chi connectivity index (χ4v) is 9.15. The van der Waals surface area contributed by atoms with E-state index >= 15 is 0 Å². The lowest BCUT2D eigenvalue weighted by molar-refractivity contribution is 1.18. The van der Waals surface area contributed by atoms with E-state index in [0.717, 1.165) is 56.0 Å². The Kier molecular flexibility index (Phi) is 8.46. The number of hydrogen-bond acceptors (Lipinski definition) is 2. The number of fused-ring (bicyclic) bond motifs is 6. The van der Waals surface area contributed by atoms with Gasteiger partial charge in [0, 0.05) is 49.6 Å². The lowest BCUT2D eigenvalue weighted by Crippen LogP contribution is -1.96. The standard InChI is InChI=1S/C58H38N4/c1-6-16-39(17-7-1)42-26-30-54-48(34-42)49-35-43(27-31-55(49)61(54)46-22-12-4-13-23-46)44-28-32-56-50(36-44)51-37-45(29-33-57(51)62(56)47-24-14-5-15-25-47)53-38-52(40-18-8-2-9-19-40)59-58(60-53)41-20-10-3-11-21-41/h1-38H. The Hall–Kier alpha value is -8.34. The van der Waals surface area contributed by atoms with Gasteiger partial charge in [-0.3, -0.25) is 0 Å². The molecule has 0 aliphatic heterocycles. The van der Waals surface area contributed by atoms with Gasteiger partial charge in [-0.05, 0) is 101 Å². The van der Waals surface area contributed by atoms with Crippen LogP contribution >= 0.6 is 0 Å². The second-order valence-electron chi connectivity index (χ2n) is 15.8. The average Bonchev–Trinajstić information content (AvgIpc) is 3.86. The van der Waals surface area contributed by atoms with Gasteiger partial charge in [-0.1, -0.05) is 152 Å². The third-order valence-corrected chi connectivity index (χ3v) is 12.1. The van der Waals surface area contributed by atoms with Crippen LogP contribution in [0.2, 0.25) is 0 Å². The van der Waals surface area contributed by atoms with Crippen LogP contribution in [0.4, 0.5) is 0 Å². The van der Waals surface area contributed by atoms with Crippen molar-refractivity contribution in [3.8, 4) is 67.5 Å². The monoisotopic (exact) mass is 790 g/mol. The van der Waals surface area contributed by atoms with E-state index in [9.17, 15) is 0 Å². The van der Waals surface area contributed by atoms with Crippen molar-refractivity contribution in [3.05, 3.63) is 231 Å². The highest BCUT2D eigenvalue weighted by Crippen LogP contribution is 2.40. The summed E-state index contributed by atoms with van der Waals surface area (Å²) in [6.45, 7) is 0. The molecule has 0 N–H and O–H groups in total. The summed E-state index contributed by atoms with van der Waals surface area (Å²) in [6, 6.07) is 82.3. The summed E-state index contributed by atoms with van der Waals surface area (Å²) in [5, 5.41) is 4.80. The molecule has 0 saturated carbocycles. The summed E-state index contributed by atoms with van der Waals surface area (Å²) in [5.74, 6) is 0.705. The fourth-order valence-electron chi connectivity index (χ4n) is 9.15. The summed E-state index contributed by atoms with van der Waals surface area (Å²) >= 11 is 0. The highest BCUT2D eigenvalue weighted by molar-refractivity contribution is 6.14. The second-order valence-corrected chi connectivity index (χ2v) is 15.8. The summed E-state index contributed by atoms with van der Waals surface area (Å²) in [6.07, 6.45) is 0. The molecule has 290 valence electrons. The molecule has 3 heterocycles. The topological polar surface area (TPSA) is 35.6 Å². The van der Waals surface area contributed by atoms with E-state index in [1.54, 1.807) is 0 Å². The molecule has 0 spiro atoms. The van der Waals surface area contributed by atoms with Crippen molar-refractivity contribution in [1.82, 2.24) is 19.1 Å². The smallest absolute Gasteiger partial charge is 0.160 e. The Labute approximate surface area is 359 Å². The van der Waals surface area contributed by atoms with E-state index < -0.39 is 0 Å².